The van der Waals surface area contributed by atoms with Crippen LogP contribution >= 0.6 is 11.3 Å². The second-order valence-corrected chi connectivity index (χ2v) is 12.4. The molecule has 0 atom stereocenters. The van der Waals surface area contributed by atoms with E-state index in [-0.39, 0.29) is 0 Å². The lowest BCUT2D eigenvalue weighted by Gasteiger charge is -2.11. The van der Waals surface area contributed by atoms with Gasteiger partial charge in [-0.1, -0.05) is 133 Å². The molecule has 9 aromatic rings. The minimum Gasteiger partial charge on any atom is -0.276 e. The quantitative estimate of drug-likeness (QED) is 0.196. The predicted octanol–water partition coefficient (Wildman–Crippen LogP) is 10.9. The number of rotatable bonds is 5. The first-order valence-corrected chi connectivity index (χ1v) is 16.1. The SMILES string of the molecule is c1ccc(-c2ccc3c(c2)c2sc4ccc(-c5ccccc5)cc4c2n3-c2nc(-c3ccccc3)nc(-c3ccccc3)n2)cc1. The van der Waals surface area contributed by atoms with Crippen molar-refractivity contribution in [1.82, 2.24) is 19.5 Å². The molecule has 0 amide bonds. The number of nitrogens with zero attached hydrogens (tertiary/aromatic N) is 4. The summed E-state index contributed by atoms with van der Waals surface area (Å²) in [5, 5.41) is 2.36. The van der Waals surface area contributed by atoms with Gasteiger partial charge >= 0.3 is 0 Å². The number of hydrogen-bond donors (Lipinski definition) is 0. The summed E-state index contributed by atoms with van der Waals surface area (Å²) in [5.74, 6) is 1.89. The van der Waals surface area contributed by atoms with Crippen LogP contribution in [0.25, 0.3) is 82.2 Å². The highest BCUT2D eigenvalue weighted by Crippen LogP contribution is 2.44. The molecule has 4 nitrogen and oxygen atoms in total. The van der Waals surface area contributed by atoms with Crippen molar-refractivity contribution in [3.8, 4) is 51.0 Å². The normalized spacial score (nSPS) is 11.5. The van der Waals surface area contributed by atoms with E-state index in [1.807, 2.05) is 47.7 Å². The van der Waals surface area contributed by atoms with Crippen molar-refractivity contribution in [2.24, 2.45) is 0 Å². The van der Waals surface area contributed by atoms with Gasteiger partial charge in [-0.15, -0.1) is 11.3 Å². The monoisotopic (exact) mass is 606 g/mol. The zero-order valence-electron chi connectivity index (χ0n) is 24.7. The van der Waals surface area contributed by atoms with Gasteiger partial charge in [0.1, 0.15) is 0 Å². The molecule has 0 fully saturated rings. The third kappa shape index (κ3) is 4.48. The average Bonchev–Trinajstić information content (AvgIpc) is 3.67. The van der Waals surface area contributed by atoms with E-state index in [0.717, 1.165) is 22.2 Å². The second-order valence-electron chi connectivity index (χ2n) is 11.3. The first-order valence-electron chi connectivity index (χ1n) is 15.3. The zero-order valence-corrected chi connectivity index (χ0v) is 25.5. The van der Waals surface area contributed by atoms with E-state index >= 15 is 0 Å². The fourth-order valence-electron chi connectivity index (χ4n) is 6.25. The summed E-state index contributed by atoms with van der Waals surface area (Å²) in [6.45, 7) is 0. The van der Waals surface area contributed by atoms with E-state index in [1.165, 1.54) is 42.4 Å². The number of hydrogen-bond acceptors (Lipinski definition) is 4. The highest BCUT2D eigenvalue weighted by atomic mass is 32.1. The maximum Gasteiger partial charge on any atom is 0.238 e. The van der Waals surface area contributed by atoms with Gasteiger partial charge in [-0.25, -0.2) is 4.98 Å². The average molecular weight is 607 g/mol. The number of aromatic nitrogens is 4. The Labute approximate surface area is 269 Å². The fraction of sp³-hybridized carbons (Fsp3) is 0. The maximum atomic E-state index is 5.16. The summed E-state index contributed by atoms with van der Waals surface area (Å²) in [7, 11) is 0. The number of fused-ring (bicyclic) bond motifs is 5. The largest absolute Gasteiger partial charge is 0.276 e. The van der Waals surface area contributed by atoms with Crippen LogP contribution < -0.4 is 0 Å². The van der Waals surface area contributed by atoms with Gasteiger partial charge < -0.3 is 0 Å². The minimum atomic E-state index is 0.602. The molecule has 3 heterocycles. The highest BCUT2D eigenvalue weighted by molar-refractivity contribution is 7.26. The summed E-state index contributed by atoms with van der Waals surface area (Å²) in [4.78, 5) is 15.3. The topological polar surface area (TPSA) is 43.6 Å². The molecule has 0 unspecified atom stereocenters. The van der Waals surface area contributed by atoms with Crippen LogP contribution in [0.3, 0.4) is 0 Å². The predicted molar refractivity (Wildman–Crippen MR) is 191 cm³/mol. The van der Waals surface area contributed by atoms with E-state index < -0.39 is 0 Å². The smallest absolute Gasteiger partial charge is 0.238 e. The first-order chi connectivity index (χ1) is 22.8. The molecule has 9 rings (SSSR count). The standard InChI is InChI=1S/C41H26N4S/c1-5-13-27(14-6-1)31-21-23-35-33(25-31)38-37(34-26-32(22-24-36(34)46-38)28-15-7-2-8-16-28)45(35)41-43-39(29-17-9-3-10-18-29)42-40(44-41)30-19-11-4-12-20-30/h1-26H. The lowest BCUT2D eigenvalue weighted by Crippen LogP contribution is -2.06. The van der Waals surface area contributed by atoms with Crippen molar-refractivity contribution in [1.29, 1.82) is 0 Å². The summed E-state index contributed by atoms with van der Waals surface area (Å²) in [6.07, 6.45) is 0. The molecule has 0 saturated heterocycles. The van der Waals surface area contributed by atoms with E-state index in [4.69, 9.17) is 15.0 Å². The lowest BCUT2D eigenvalue weighted by atomic mass is 10.0. The molecular formula is C41H26N4S. The summed E-state index contributed by atoms with van der Waals surface area (Å²) in [5.41, 5.74) is 8.82. The molecule has 46 heavy (non-hydrogen) atoms. The van der Waals surface area contributed by atoms with Gasteiger partial charge in [-0.05, 0) is 46.5 Å². The van der Waals surface area contributed by atoms with E-state index in [2.05, 4.69) is 126 Å². The molecule has 0 bridgehead atoms. The van der Waals surface area contributed by atoms with Gasteiger partial charge in [-0.2, -0.15) is 9.97 Å². The minimum absolute atomic E-state index is 0.602. The molecule has 0 saturated carbocycles. The molecule has 0 spiro atoms. The molecule has 0 aliphatic heterocycles. The maximum absolute atomic E-state index is 5.16. The Morgan fingerprint density at radius 3 is 1.43 bits per heavy atom. The molecular weight excluding hydrogens is 581 g/mol. The van der Waals surface area contributed by atoms with Crippen LogP contribution in [0, 0.1) is 0 Å². The van der Waals surface area contributed by atoms with Gasteiger partial charge in [0, 0.05) is 26.6 Å². The number of thiophene rings is 1. The number of benzene rings is 6. The summed E-state index contributed by atoms with van der Waals surface area (Å²) < 4.78 is 4.69. The molecule has 0 radical (unpaired) electrons. The summed E-state index contributed by atoms with van der Waals surface area (Å²) >= 11 is 1.82. The third-order valence-electron chi connectivity index (χ3n) is 8.47. The molecule has 0 N–H and O–H groups in total. The first kappa shape index (κ1) is 26.5. The summed E-state index contributed by atoms with van der Waals surface area (Å²) in [6, 6.07) is 55.0. The van der Waals surface area contributed by atoms with Crippen LogP contribution in [-0.2, 0) is 0 Å². The third-order valence-corrected chi connectivity index (χ3v) is 9.66. The van der Waals surface area contributed by atoms with E-state index in [0.29, 0.717) is 17.6 Å². The van der Waals surface area contributed by atoms with Crippen LogP contribution in [0.5, 0.6) is 0 Å². The van der Waals surface area contributed by atoms with Crippen LogP contribution in [0.4, 0.5) is 0 Å². The molecule has 5 heteroatoms. The van der Waals surface area contributed by atoms with Crippen molar-refractivity contribution < 1.29 is 0 Å². The highest BCUT2D eigenvalue weighted by Gasteiger charge is 2.22. The molecule has 216 valence electrons. The van der Waals surface area contributed by atoms with Crippen molar-refractivity contribution in [3.63, 3.8) is 0 Å². The van der Waals surface area contributed by atoms with Crippen molar-refractivity contribution in [2.45, 2.75) is 0 Å². The van der Waals surface area contributed by atoms with Crippen molar-refractivity contribution in [2.75, 3.05) is 0 Å². The Morgan fingerprint density at radius 2 is 0.891 bits per heavy atom. The Hall–Kier alpha value is -5.91. The van der Waals surface area contributed by atoms with Crippen LogP contribution in [0.15, 0.2) is 158 Å². The Balaban J connectivity index is 1.38. The zero-order chi connectivity index (χ0) is 30.5. The van der Waals surface area contributed by atoms with Crippen LogP contribution in [0.1, 0.15) is 0 Å². The van der Waals surface area contributed by atoms with Crippen LogP contribution in [0.2, 0.25) is 0 Å². The van der Waals surface area contributed by atoms with Gasteiger partial charge in [0.2, 0.25) is 5.95 Å². The van der Waals surface area contributed by atoms with Gasteiger partial charge in [0.25, 0.3) is 0 Å². The van der Waals surface area contributed by atoms with E-state index in [9.17, 15) is 0 Å². The van der Waals surface area contributed by atoms with Crippen molar-refractivity contribution >= 4 is 42.5 Å². The van der Waals surface area contributed by atoms with Gasteiger partial charge in [0.05, 0.1) is 15.7 Å². The Bertz CT molecular complexity index is 2400. The Morgan fingerprint density at radius 1 is 0.413 bits per heavy atom. The second kappa shape index (κ2) is 10.9. The fourth-order valence-corrected chi connectivity index (χ4v) is 7.44. The Kier molecular flexibility index (Phi) is 6.28. The molecule has 0 aliphatic rings. The molecule has 6 aromatic carbocycles. The van der Waals surface area contributed by atoms with Crippen LogP contribution in [-0.4, -0.2) is 19.5 Å². The molecule has 3 aromatic heterocycles. The van der Waals surface area contributed by atoms with Gasteiger partial charge in [0.15, 0.2) is 11.6 Å². The van der Waals surface area contributed by atoms with Gasteiger partial charge in [-0.3, -0.25) is 4.57 Å². The van der Waals surface area contributed by atoms with E-state index in [1.54, 1.807) is 0 Å². The lowest BCUT2D eigenvalue weighted by molar-refractivity contribution is 0.955. The van der Waals surface area contributed by atoms with Crippen molar-refractivity contribution in [3.05, 3.63) is 158 Å². The molecule has 0 aliphatic carbocycles.